The molecule has 0 bridgehead atoms. The van der Waals surface area contributed by atoms with Crippen LogP contribution in [0.2, 0.25) is 0 Å². The van der Waals surface area contributed by atoms with E-state index >= 15 is 0 Å². The molecule has 2 N–H and O–H groups in total. The highest BCUT2D eigenvalue weighted by atomic mass is 16.2. The van der Waals surface area contributed by atoms with Crippen molar-refractivity contribution >= 4 is 5.91 Å². The van der Waals surface area contributed by atoms with Crippen LogP contribution in [0.25, 0.3) is 0 Å². The number of nitriles is 1. The Balaban J connectivity index is 4.06. The van der Waals surface area contributed by atoms with Gasteiger partial charge < -0.3 is 10.6 Å². The van der Waals surface area contributed by atoms with Crippen molar-refractivity contribution in [3.8, 4) is 6.07 Å². The molecule has 0 aromatic rings. The summed E-state index contributed by atoms with van der Waals surface area (Å²) in [4.78, 5) is 13.1. The summed E-state index contributed by atoms with van der Waals surface area (Å²) < 4.78 is 0. The molecule has 1 amide bonds. The topological polar surface area (TPSA) is 70.1 Å². The van der Waals surface area contributed by atoms with Crippen LogP contribution in [0.1, 0.15) is 26.7 Å². The molecule has 4 nitrogen and oxygen atoms in total. The molecule has 0 aromatic heterocycles. The number of amides is 1. The van der Waals surface area contributed by atoms with E-state index in [1.165, 1.54) is 4.90 Å². The minimum absolute atomic E-state index is 0.0750. The van der Waals surface area contributed by atoms with Gasteiger partial charge in [-0.3, -0.25) is 4.79 Å². The molecule has 4 heteroatoms. The largest absolute Gasteiger partial charge is 0.343 e. The molecule has 0 aliphatic heterocycles. The maximum Gasteiger partial charge on any atom is 0.239 e. The Labute approximate surface area is 85.7 Å². The molecule has 1 unspecified atom stereocenters. The second-order valence-corrected chi connectivity index (χ2v) is 3.64. The molecular weight excluding hydrogens is 178 g/mol. The fraction of sp³-hybridized carbons (Fsp3) is 0.800. The van der Waals surface area contributed by atoms with Crippen LogP contribution in [0.4, 0.5) is 0 Å². The van der Waals surface area contributed by atoms with E-state index in [1.807, 2.05) is 6.92 Å². The highest BCUT2D eigenvalue weighted by Gasteiger charge is 2.18. The Kier molecular flexibility index (Phi) is 5.89. The molecule has 14 heavy (non-hydrogen) atoms. The summed E-state index contributed by atoms with van der Waals surface area (Å²) >= 11 is 0. The summed E-state index contributed by atoms with van der Waals surface area (Å²) in [6.45, 7) is 4.23. The van der Waals surface area contributed by atoms with E-state index in [1.54, 1.807) is 14.0 Å². The Bertz CT molecular complexity index is 222. The molecule has 2 atom stereocenters. The van der Waals surface area contributed by atoms with Crippen molar-refractivity contribution in [2.45, 2.75) is 32.7 Å². The molecule has 0 saturated heterocycles. The van der Waals surface area contributed by atoms with Gasteiger partial charge in [-0.2, -0.15) is 5.26 Å². The number of nitrogens with two attached hydrogens (primary N) is 1. The first kappa shape index (κ1) is 12.9. The van der Waals surface area contributed by atoms with E-state index in [0.29, 0.717) is 13.0 Å². The van der Waals surface area contributed by atoms with Gasteiger partial charge in [0.25, 0.3) is 0 Å². The van der Waals surface area contributed by atoms with E-state index in [-0.39, 0.29) is 11.8 Å². The van der Waals surface area contributed by atoms with Crippen molar-refractivity contribution in [2.75, 3.05) is 13.6 Å². The van der Waals surface area contributed by atoms with E-state index in [2.05, 4.69) is 6.07 Å². The van der Waals surface area contributed by atoms with Crippen LogP contribution in [-0.2, 0) is 4.79 Å². The highest BCUT2D eigenvalue weighted by molar-refractivity contribution is 5.81. The minimum atomic E-state index is -0.420. The first-order valence-corrected chi connectivity index (χ1v) is 4.93. The first-order valence-electron chi connectivity index (χ1n) is 4.93. The van der Waals surface area contributed by atoms with Crippen LogP contribution in [0.3, 0.4) is 0 Å². The fourth-order valence-corrected chi connectivity index (χ4v) is 1.26. The Hall–Kier alpha value is -1.08. The molecule has 0 spiro atoms. The van der Waals surface area contributed by atoms with Crippen LogP contribution in [0.5, 0.6) is 0 Å². The van der Waals surface area contributed by atoms with Crippen molar-refractivity contribution in [2.24, 2.45) is 11.7 Å². The van der Waals surface area contributed by atoms with Gasteiger partial charge in [-0.1, -0.05) is 13.3 Å². The molecule has 0 heterocycles. The summed E-state index contributed by atoms with van der Waals surface area (Å²) in [5.74, 6) is -0.216. The van der Waals surface area contributed by atoms with Crippen molar-refractivity contribution < 1.29 is 4.79 Å². The highest BCUT2D eigenvalue weighted by Crippen LogP contribution is 2.01. The van der Waals surface area contributed by atoms with Crippen LogP contribution < -0.4 is 5.73 Å². The van der Waals surface area contributed by atoms with Gasteiger partial charge in [0.15, 0.2) is 0 Å². The summed E-state index contributed by atoms with van der Waals surface area (Å²) in [7, 11) is 1.69. The normalized spacial score (nSPS) is 14.2. The van der Waals surface area contributed by atoms with E-state index in [0.717, 1.165) is 6.42 Å². The summed E-state index contributed by atoms with van der Waals surface area (Å²) in [6, 6.07) is 1.67. The predicted octanol–water partition coefficient (Wildman–Crippen LogP) is 0.732. The van der Waals surface area contributed by atoms with Gasteiger partial charge >= 0.3 is 0 Å². The number of hydrogen-bond donors (Lipinski definition) is 1. The van der Waals surface area contributed by atoms with Gasteiger partial charge in [-0.15, -0.1) is 0 Å². The van der Waals surface area contributed by atoms with Crippen LogP contribution in [0, 0.1) is 17.2 Å². The third kappa shape index (κ3) is 4.24. The van der Waals surface area contributed by atoms with Gasteiger partial charge in [0.2, 0.25) is 5.91 Å². The SMILES string of the molecule is CCC[C@@H](N)C(=O)N(C)CC(C)C#N. The molecule has 0 radical (unpaired) electrons. The second kappa shape index (κ2) is 6.39. The average Bonchev–Trinajstić information content (AvgIpc) is 2.16. The number of likely N-dealkylation sites (N-methyl/N-ethyl adjacent to an activating group) is 1. The average molecular weight is 197 g/mol. The zero-order valence-corrected chi connectivity index (χ0v) is 9.16. The van der Waals surface area contributed by atoms with Gasteiger partial charge in [-0.25, -0.2) is 0 Å². The molecular formula is C10H19N3O. The summed E-state index contributed by atoms with van der Waals surface area (Å²) in [5.41, 5.74) is 5.67. The lowest BCUT2D eigenvalue weighted by molar-refractivity contribution is -0.131. The number of carbonyl (C=O) groups excluding carboxylic acids is 1. The smallest absolute Gasteiger partial charge is 0.239 e. The van der Waals surface area contributed by atoms with Gasteiger partial charge in [-0.05, 0) is 13.3 Å². The fourth-order valence-electron chi connectivity index (χ4n) is 1.26. The zero-order valence-electron chi connectivity index (χ0n) is 9.16. The molecule has 0 saturated carbocycles. The predicted molar refractivity (Wildman–Crippen MR) is 55.3 cm³/mol. The lowest BCUT2D eigenvalue weighted by Crippen LogP contribution is -2.43. The summed E-state index contributed by atoms with van der Waals surface area (Å²) in [5, 5.41) is 8.59. The standard InChI is InChI=1S/C10H19N3O/c1-4-5-9(12)10(14)13(3)7-8(2)6-11/h8-9H,4-5,7,12H2,1-3H3/t8?,9-/m1/s1. The number of nitrogens with zero attached hydrogens (tertiary/aromatic N) is 2. The van der Waals surface area contributed by atoms with E-state index in [9.17, 15) is 4.79 Å². The first-order chi connectivity index (χ1) is 6.52. The third-order valence-corrected chi connectivity index (χ3v) is 2.06. The zero-order chi connectivity index (χ0) is 11.1. The monoisotopic (exact) mass is 197 g/mol. The maximum atomic E-state index is 11.6. The maximum absolute atomic E-state index is 11.6. The van der Waals surface area contributed by atoms with Crippen molar-refractivity contribution in [1.82, 2.24) is 4.90 Å². The quantitative estimate of drug-likeness (QED) is 0.706. The number of carbonyl (C=O) groups is 1. The van der Waals surface area contributed by atoms with E-state index in [4.69, 9.17) is 11.0 Å². The molecule has 80 valence electrons. The van der Waals surface area contributed by atoms with Crippen molar-refractivity contribution in [3.63, 3.8) is 0 Å². The minimum Gasteiger partial charge on any atom is -0.343 e. The Morgan fingerprint density at radius 3 is 2.64 bits per heavy atom. The number of rotatable bonds is 5. The van der Waals surface area contributed by atoms with Gasteiger partial charge in [0.1, 0.15) is 0 Å². The van der Waals surface area contributed by atoms with Gasteiger partial charge in [0.05, 0.1) is 18.0 Å². The lowest BCUT2D eigenvalue weighted by Gasteiger charge is -2.21. The molecule has 0 aromatic carbocycles. The number of hydrogen-bond acceptors (Lipinski definition) is 3. The van der Waals surface area contributed by atoms with Crippen LogP contribution >= 0.6 is 0 Å². The van der Waals surface area contributed by atoms with Crippen LogP contribution in [0.15, 0.2) is 0 Å². The Morgan fingerprint density at radius 2 is 2.21 bits per heavy atom. The van der Waals surface area contributed by atoms with Gasteiger partial charge in [0, 0.05) is 13.6 Å². The molecule has 0 rings (SSSR count). The van der Waals surface area contributed by atoms with Crippen LogP contribution in [-0.4, -0.2) is 30.4 Å². The molecule has 0 aliphatic rings. The Morgan fingerprint density at radius 1 is 1.64 bits per heavy atom. The second-order valence-electron chi connectivity index (χ2n) is 3.64. The molecule has 0 fully saturated rings. The van der Waals surface area contributed by atoms with E-state index < -0.39 is 6.04 Å². The molecule has 0 aliphatic carbocycles. The van der Waals surface area contributed by atoms with Crippen molar-refractivity contribution in [3.05, 3.63) is 0 Å². The van der Waals surface area contributed by atoms with Crippen molar-refractivity contribution in [1.29, 1.82) is 5.26 Å². The third-order valence-electron chi connectivity index (χ3n) is 2.06. The summed E-state index contributed by atoms with van der Waals surface area (Å²) in [6.07, 6.45) is 1.60. The lowest BCUT2D eigenvalue weighted by atomic mass is 10.1.